The van der Waals surface area contributed by atoms with Crippen LogP contribution < -0.4 is 0 Å². The molecule has 0 unspecified atom stereocenters. The van der Waals surface area contributed by atoms with Gasteiger partial charge < -0.3 is 0 Å². The highest BCUT2D eigenvalue weighted by molar-refractivity contribution is 8.22. The summed E-state index contributed by atoms with van der Waals surface area (Å²) in [6.07, 6.45) is 2.13. The van der Waals surface area contributed by atoms with E-state index in [4.69, 9.17) is 11.6 Å². The number of carbonyl (C=O) groups is 2. The Hall–Kier alpha value is -1.49. The topological polar surface area (TPSA) is 34.1 Å². The van der Waals surface area contributed by atoms with Crippen LogP contribution >= 0.6 is 35.1 Å². The quantitative estimate of drug-likeness (QED) is 0.643. The van der Waals surface area contributed by atoms with Crippen LogP contribution in [0.15, 0.2) is 64.9 Å². The second kappa shape index (κ2) is 8.06. The molecule has 1 heterocycles. The maximum absolute atomic E-state index is 12.2. The Morgan fingerprint density at radius 2 is 1.83 bits per heavy atom. The minimum atomic E-state index is 0.0724. The summed E-state index contributed by atoms with van der Waals surface area (Å²) < 4.78 is 0.899. The van der Waals surface area contributed by atoms with Gasteiger partial charge in [0.15, 0.2) is 11.6 Å². The third-order valence-electron chi connectivity index (χ3n) is 3.61. The van der Waals surface area contributed by atoms with Crippen LogP contribution in [0.5, 0.6) is 0 Å². The third-order valence-corrected chi connectivity index (χ3v) is 6.38. The standard InChI is InChI=1S/C19H15ClO2S2/c20-15-8-6-14(7-9-15)18-10-16(21)11-19(24-18)23-12-17(22)13-4-2-1-3-5-13/h1-9,11,18H,10,12H2/t18-/m0/s1. The SMILES string of the molecule is O=C1C=C(SCC(=O)c2ccccc2)S[C@H](c2ccc(Cl)cc2)C1. The summed E-state index contributed by atoms with van der Waals surface area (Å²) in [6.45, 7) is 0. The van der Waals surface area contributed by atoms with E-state index in [9.17, 15) is 9.59 Å². The summed E-state index contributed by atoms with van der Waals surface area (Å²) in [4.78, 5) is 24.2. The van der Waals surface area contributed by atoms with Crippen LogP contribution in [0, 0.1) is 0 Å². The molecule has 24 heavy (non-hydrogen) atoms. The van der Waals surface area contributed by atoms with E-state index in [2.05, 4.69) is 0 Å². The number of halogens is 1. The van der Waals surface area contributed by atoms with E-state index in [1.165, 1.54) is 11.8 Å². The number of hydrogen-bond donors (Lipinski definition) is 0. The molecule has 0 aromatic heterocycles. The number of carbonyl (C=O) groups excluding carboxylic acids is 2. The Bertz CT molecular complexity index is 770. The van der Waals surface area contributed by atoms with E-state index in [0.29, 0.717) is 22.8 Å². The first-order valence-corrected chi connectivity index (χ1v) is 9.74. The van der Waals surface area contributed by atoms with Crippen molar-refractivity contribution in [1.29, 1.82) is 0 Å². The summed E-state index contributed by atoms with van der Waals surface area (Å²) in [5.41, 5.74) is 1.78. The maximum atomic E-state index is 12.2. The maximum Gasteiger partial charge on any atom is 0.173 e. The highest BCUT2D eigenvalue weighted by atomic mass is 35.5. The second-order valence-corrected chi connectivity index (χ2v) is 8.33. The van der Waals surface area contributed by atoms with Gasteiger partial charge in [-0.25, -0.2) is 0 Å². The second-order valence-electron chi connectivity index (χ2n) is 5.37. The molecule has 0 bridgehead atoms. The monoisotopic (exact) mass is 374 g/mol. The average molecular weight is 375 g/mol. The molecule has 0 saturated carbocycles. The fourth-order valence-corrected chi connectivity index (χ4v) is 4.97. The first-order chi connectivity index (χ1) is 11.6. The molecule has 0 N–H and O–H groups in total. The molecule has 0 fully saturated rings. The number of benzene rings is 2. The summed E-state index contributed by atoms with van der Waals surface area (Å²) in [7, 11) is 0. The molecule has 0 aliphatic carbocycles. The Balaban J connectivity index is 1.64. The van der Waals surface area contributed by atoms with Crippen LogP contribution in [0.25, 0.3) is 0 Å². The van der Waals surface area contributed by atoms with Gasteiger partial charge in [-0.1, -0.05) is 54.1 Å². The Morgan fingerprint density at radius 1 is 1.12 bits per heavy atom. The Morgan fingerprint density at radius 3 is 2.54 bits per heavy atom. The lowest BCUT2D eigenvalue weighted by Crippen LogP contribution is -2.09. The molecule has 0 saturated heterocycles. The number of ketones is 2. The predicted octanol–water partition coefficient (Wildman–Crippen LogP) is 5.54. The molecule has 0 amide bonds. The zero-order valence-corrected chi connectivity index (χ0v) is 15.2. The van der Waals surface area contributed by atoms with E-state index in [1.807, 2.05) is 54.6 Å². The van der Waals surface area contributed by atoms with Gasteiger partial charge in [0.2, 0.25) is 0 Å². The minimum absolute atomic E-state index is 0.0724. The van der Waals surface area contributed by atoms with Crippen LogP contribution in [0.4, 0.5) is 0 Å². The van der Waals surface area contributed by atoms with Gasteiger partial charge in [0.1, 0.15) is 0 Å². The van der Waals surface area contributed by atoms with Gasteiger partial charge in [0, 0.05) is 32.6 Å². The number of Topliss-reactive ketones (excluding diaryl/α,β-unsaturated/α-hetero) is 1. The fraction of sp³-hybridized carbons (Fsp3) is 0.158. The van der Waals surface area contributed by atoms with E-state index in [-0.39, 0.29) is 16.8 Å². The van der Waals surface area contributed by atoms with Crippen molar-refractivity contribution in [2.24, 2.45) is 0 Å². The molecule has 0 radical (unpaired) electrons. The molecule has 1 aliphatic heterocycles. The van der Waals surface area contributed by atoms with Crippen molar-refractivity contribution in [2.45, 2.75) is 11.7 Å². The van der Waals surface area contributed by atoms with E-state index in [1.54, 1.807) is 17.8 Å². The van der Waals surface area contributed by atoms with Gasteiger partial charge in [-0.3, -0.25) is 9.59 Å². The van der Waals surface area contributed by atoms with Gasteiger partial charge in [0.25, 0.3) is 0 Å². The van der Waals surface area contributed by atoms with E-state index < -0.39 is 0 Å². The number of allylic oxidation sites excluding steroid dienone is 1. The van der Waals surface area contributed by atoms with Gasteiger partial charge in [-0.2, -0.15) is 0 Å². The largest absolute Gasteiger partial charge is 0.295 e. The summed E-state index contributed by atoms with van der Waals surface area (Å²) in [6, 6.07) is 16.8. The lowest BCUT2D eigenvalue weighted by atomic mass is 10.1. The number of rotatable bonds is 5. The van der Waals surface area contributed by atoms with E-state index >= 15 is 0 Å². The highest BCUT2D eigenvalue weighted by Gasteiger charge is 2.23. The zero-order chi connectivity index (χ0) is 16.9. The van der Waals surface area contributed by atoms with Crippen molar-refractivity contribution in [3.05, 3.63) is 81.1 Å². The lowest BCUT2D eigenvalue weighted by Gasteiger charge is -2.21. The number of thioether (sulfide) groups is 2. The van der Waals surface area contributed by atoms with Gasteiger partial charge in [0.05, 0.1) is 5.75 Å². The van der Waals surface area contributed by atoms with Crippen molar-refractivity contribution in [3.8, 4) is 0 Å². The van der Waals surface area contributed by atoms with Crippen LogP contribution in [0.3, 0.4) is 0 Å². The first kappa shape index (κ1) is 17.3. The molecule has 1 aliphatic rings. The van der Waals surface area contributed by atoms with Crippen molar-refractivity contribution in [1.82, 2.24) is 0 Å². The smallest absolute Gasteiger partial charge is 0.173 e. The first-order valence-electron chi connectivity index (χ1n) is 7.49. The normalized spacial score (nSPS) is 17.5. The van der Waals surface area contributed by atoms with Crippen molar-refractivity contribution in [2.75, 3.05) is 5.75 Å². The molecule has 122 valence electrons. The average Bonchev–Trinajstić information content (AvgIpc) is 2.60. The predicted molar refractivity (Wildman–Crippen MR) is 103 cm³/mol. The van der Waals surface area contributed by atoms with Gasteiger partial charge in [-0.05, 0) is 17.7 Å². The highest BCUT2D eigenvalue weighted by Crippen LogP contribution is 2.45. The molecule has 5 heteroatoms. The van der Waals surface area contributed by atoms with Crippen LogP contribution in [0.1, 0.15) is 27.6 Å². The lowest BCUT2D eigenvalue weighted by molar-refractivity contribution is -0.114. The summed E-state index contributed by atoms with van der Waals surface area (Å²) >= 11 is 9.00. The molecule has 2 aromatic carbocycles. The summed E-state index contributed by atoms with van der Waals surface area (Å²) in [5, 5.41) is 0.763. The molecule has 0 spiro atoms. The van der Waals surface area contributed by atoms with Gasteiger partial charge in [-0.15, -0.1) is 23.5 Å². The fourth-order valence-electron chi connectivity index (χ4n) is 2.37. The molecule has 3 rings (SSSR count). The van der Waals surface area contributed by atoms with Crippen molar-refractivity contribution >= 4 is 46.7 Å². The zero-order valence-electron chi connectivity index (χ0n) is 12.8. The van der Waals surface area contributed by atoms with Crippen LogP contribution in [-0.2, 0) is 4.79 Å². The molecule has 2 nitrogen and oxygen atoms in total. The van der Waals surface area contributed by atoms with Gasteiger partial charge >= 0.3 is 0 Å². The van der Waals surface area contributed by atoms with Crippen LogP contribution in [0.2, 0.25) is 5.02 Å². The summed E-state index contributed by atoms with van der Waals surface area (Å²) in [5.74, 6) is 0.509. The van der Waals surface area contributed by atoms with Crippen LogP contribution in [-0.4, -0.2) is 17.3 Å². The number of hydrogen-bond acceptors (Lipinski definition) is 4. The van der Waals surface area contributed by atoms with Crippen molar-refractivity contribution in [3.63, 3.8) is 0 Å². The van der Waals surface area contributed by atoms with Crippen molar-refractivity contribution < 1.29 is 9.59 Å². The minimum Gasteiger partial charge on any atom is -0.295 e. The third kappa shape index (κ3) is 4.53. The Labute approximate surface area is 154 Å². The molecular weight excluding hydrogens is 360 g/mol. The molecular formula is C19H15ClO2S2. The Kier molecular flexibility index (Phi) is 5.82. The molecule has 1 atom stereocenters. The van der Waals surface area contributed by atoms with E-state index in [0.717, 1.165) is 9.80 Å². The molecule has 2 aromatic rings.